The Morgan fingerprint density at radius 3 is 1.16 bits per heavy atom. The third-order valence-electron chi connectivity index (χ3n) is 15.5. The van der Waals surface area contributed by atoms with Gasteiger partial charge < -0.3 is 40.3 Å². The van der Waals surface area contributed by atoms with Crippen molar-refractivity contribution in [1.82, 2.24) is 5.32 Å². The highest BCUT2D eigenvalue weighted by Crippen LogP contribution is 2.23. The van der Waals surface area contributed by atoms with E-state index in [1.165, 1.54) is 186 Å². The van der Waals surface area contributed by atoms with Gasteiger partial charge in [-0.2, -0.15) is 0 Å². The number of carbonyl (C=O) groups excluding carboxylic acids is 1. The van der Waals surface area contributed by atoms with Gasteiger partial charge in [-0.05, 0) is 70.6 Å². The molecular formula is C70H125NO8. The Hall–Kier alpha value is -2.63. The first kappa shape index (κ1) is 74.4. The van der Waals surface area contributed by atoms with Crippen LogP contribution in [0.5, 0.6) is 0 Å². The molecule has 0 saturated carbocycles. The quantitative estimate of drug-likeness (QED) is 0.0261. The zero-order valence-electron chi connectivity index (χ0n) is 51.1. The molecule has 79 heavy (non-hydrogen) atoms. The fourth-order valence-corrected chi connectivity index (χ4v) is 10.3. The summed E-state index contributed by atoms with van der Waals surface area (Å²) < 4.78 is 11.3. The van der Waals surface area contributed by atoms with Crippen LogP contribution in [0.25, 0.3) is 0 Å². The van der Waals surface area contributed by atoms with Crippen LogP contribution < -0.4 is 5.32 Å². The number of rotatable bonds is 57. The van der Waals surface area contributed by atoms with E-state index in [0.717, 1.165) is 83.5 Å². The summed E-state index contributed by atoms with van der Waals surface area (Å²) in [6.07, 6.45) is 76.3. The van der Waals surface area contributed by atoms with Crippen molar-refractivity contribution in [3.63, 3.8) is 0 Å². The molecule has 0 bridgehead atoms. The molecule has 1 fully saturated rings. The number of hydrogen-bond acceptors (Lipinski definition) is 8. The number of aliphatic hydroxyl groups excluding tert-OH is 5. The Bertz CT molecular complexity index is 1520. The number of aliphatic hydroxyl groups is 5. The largest absolute Gasteiger partial charge is 0.394 e. The molecule has 1 aliphatic heterocycles. The highest BCUT2D eigenvalue weighted by Gasteiger charge is 2.44. The fraction of sp³-hybridized carbons (Fsp3) is 0.786. The molecule has 0 spiro atoms. The zero-order chi connectivity index (χ0) is 57.2. The highest BCUT2D eigenvalue weighted by atomic mass is 16.7. The average molecular weight is 1110 g/mol. The van der Waals surface area contributed by atoms with Crippen LogP contribution in [-0.4, -0.2) is 87.5 Å². The van der Waals surface area contributed by atoms with Gasteiger partial charge in [0, 0.05) is 6.42 Å². The monoisotopic (exact) mass is 1110 g/mol. The fourth-order valence-electron chi connectivity index (χ4n) is 10.3. The van der Waals surface area contributed by atoms with Crippen LogP contribution in [0.4, 0.5) is 0 Å². The van der Waals surface area contributed by atoms with Crippen LogP contribution in [0, 0.1) is 0 Å². The van der Waals surface area contributed by atoms with E-state index in [1.807, 2.05) is 0 Å². The Morgan fingerprint density at radius 2 is 0.785 bits per heavy atom. The van der Waals surface area contributed by atoms with Gasteiger partial charge in [-0.15, -0.1) is 0 Å². The minimum atomic E-state index is -1.56. The van der Waals surface area contributed by atoms with E-state index in [0.29, 0.717) is 12.8 Å². The lowest BCUT2D eigenvalue weighted by molar-refractivity contribution is -0.302. The summed E-state index contributed by atoms with van der Waals surface area (Å²) in [5.41, 5.74) is 0. The number of carbonyl (C=O) groups is 1. The number of allylic oxidation sites excluding steroid dienone is 14. The molecule has 7 unspecified atom stereocenters. The zero-order valence-corrected chi connectivity index (χ0v) is 51.1. The van der Waals surface area contributed by atoms with E-state index in [4.69, 9.17) is 9.47 Å². The standard InChI is InChI=1S/C70H125NO8/c1-3-5-7-9-11-13-15-17-19-21-23-24-25-26-27-28-29-30-31-32-33-34-35-36-37-38-39-40-42-44-46-48-50-52-54-56-58-60-66(74)71-63(62-78-70-69(77)68(76)67(75)65(61-72)79-70)64(73)59-57-55-53-51-49-47-45-43-41-22-20-18-16-14-12-10-8-6-4-2/h5,7,11,13,17,19,23-24,26-27,29-30,32-33,63-65,67-70,72-73,75-77H,3-4,6,8-10,12,14-16,18,20-22,25,28,31,34-62H2,1-2H3,(H,71,74)/b7-5-,13-11-,19-17-,24-23-,27-26-,30-29-,33-32-. The second-order valence-electron chi connectivity index (χ2n) is 22.9. The van der Waals surface area contributed by atoms with Crippen molar-refractivity contribution in [2.24, 2.45) is 0 Å². The Kier molecular flexibility index (Phi) is 55.1. The van der Waals surface area contributed by atoms with Crippen molar-refractivity contribution in [2.75, 3.05) is 13.2 Å². The first-order valence-electron chi connectivity index (χ1n) is 33.3. The van der Waals surface area contributed by atoms with Gasteiger partial charge in [0.1, 0.15) is 24.4 Å². The molecule has 0 aromatic heterocycles. The lowest BCUT2D eigenvalue weighted by Gasteiger charge is -2.40. The SMILES string of the molecule is CC/C=C\C/C=C\C/C=C\C/C=C\C/C=C\C/C=C\C/C=C\CCCCCCCCCCCCCCCCCC(=O)NC(COC1OC(CO)C(O)C(O)C1O)C(O)CCCCCCCCCCCCCCCCCCCCC. The number of ether oxygens (including phenoxy) is 2. The molecule has 1 amide bonds. The van der Waals surface area contributed by atoms with E-state index in [-0.39, 0.29) is 12.5 Å². The topological polar surface area (TPSA) is 149 Å². The molecular weight excluding hydrogens is 983 g/mol. The second-order valence-corrected chi connectivity index (χ2v) is 22.9. The molecule has 0 aromatic carbocycles. The number of nitrogens with one attached hydrogen (secondary N) is 1. The predicted molar refractivity (Wildman–Crippen MR) is 336 cm³/mol. The summed E-state index contributed by atoms with van der Waals surface area (Å²) in [4.78, 5) is 13.1. The van der Waals surface area contributed by atoms with E-state index in [2.05, 4.69) is 104 Å². The van der Waals surface area contributed by atoms with Gasteiger partial charge in [-0.1, -0.05) is 304 Å². The summed E-state index contributed by atoms with van der Waals surface area (Å²) in [6, 6.07) is -0.723. The third kappa shape index (κ3) is 47.6. The molecule has 0 aromatic rings. The highest BCUT2D eigenvalue weighted by molar-refractivity contribution is 5.76. The Labute approximate surface area is 486 Å². The normalized spacial score (nSPS) is 19.1. The first-order valence-corrected chi connectivity index (χ1v) is 33.3. The molecule has 458 valence electrons. The van der Waals surface area contributed by atoms with Crippen molar-refractivity contribution < 1.29 is 39.8 Å². The van der Waals surface area contributed by atoms with Crippen LogP contribution in [-0.2, 0) is 14.3 Å². The molecule has 6 N–H and O–H groups in total. The maximum Gasteiger partial charge on any atom is 0.220 e. The number of amides is 1. The number of unbranched alkanes of at least 4 members (excludes halogenated alkanes) is 33. The van der Waals surface area contributed by atoms with Gasteiger partial charge in [0.05, 0.1) is 25.4 Å². The number of hydrogen-bond donors (Lipinski definition) is 6. The summed E-state index contributed by atoms with van der Waals surface area (Å²) in [5.74, 6) is -0.143. The molecule has 9 heteroatoms. The maximum atomic E-state index is 13.1. The van der Waals surface area contributed by atoms with E-state index in [1.54, 1.807) is 0 Å². The Balaban J connectivity index is 2.11. The summed E-state index contributed by atoms with van der Waals surface area (Å²) in [6.45, 7) is 3.75. The summed E-state index contributed by atoms with van der Waals surface area (Å²) in [5, 5.41) is 54.8. The van der Waals surface area contributed by atoms with Crippen molar-refractivity contribution in [1.29, 1.82) is 0 Å². The van der Waals surface area contributed by atoms with Gasteiger partial charge in [0.25, 0.3) is 0 Å². The second kappa shape index (κ2) is 58.6. The molecule has 1 rings (SSSR count). The predicted octanol–water partition coefficient (Wildman–Crippen LogP) is 17.7. The lowest BCUT2D eigenvalue weighted by atomic mass is 9.99. The van der Waals surface area contributed by atoms with Crippen LogP contribution in [0.15, 0.2) is 85.1 Å². The first-order chi connectivity index (χ1) is 38.8. The van der Waals surface area contributed by atoms with Gasteiger partial charge >= 0.3 is 0 Å². The van der Waals surface area contributed by atoms with Crippen LogP contribution in [0.2, 0.25) is 0 Å². The summed E-state index contributed by atoms with van der Waals surface area (Å²) in [7, 11) is 0. The Morgan fingerprint density at radius 1 is 0.443 bits per heavy atom. The van der Waals surface area contributed by atoms with E-state index >= 15 is 0 Å². The van der Waals surface area contributed by atoms with E-state index in [9.17, 15) is 30.3 Å². The average Bonchev–Trinajstić information content (AvgIpc) is 3.46. The van der Waals surface area contributed by atoms with Crippen molar-refractivity contribution >= 4 is 5.91 Å². The smallest absolute Gasteiger partial charge is 0.220 e. The molecule has 9 nitrogen and oxygen atoms in total. The van der Waals surface area contributed by atoms with E-state index < -0.39 is 49.5 Å². The third-order valence-corrected chi connectivity index (χ3v) is 15.5. The van der Waals surface area contributed by atoms with Crippen LogP contribution in [0.3, 0.4) is 0 Å². The minimum absolute atomic E-state index is 0.138. The molecule has 0 aliphatic carbocycles. The van der Waals surface area contributed by atoms with Gasteiger partial charge in [0.2, 0.25) is 5.91 Å². The molecule has 7 atom stereocenters. The van der Waals surface area contributed by atoms with Gasteiger partial charge in [-0.3, -0.25) is 4.79 Å². The van der Waals surface area contributed by atoms with Crippen molar-refractivity contribution in [3.8, 4) is 0 Å². The van der Waals surface area contributed by atoms with Crippen LogP contribution >= 0.6 is 0 Å². The van der Waals surface area contributed by atoms with Crippen molar-refractivity contribution in [2.45, 2.75) is 339 Å². The lowest BCUT2D eigenvalue weighted by Crippen LogP contribution is -2.60. The molecule has 1 aliphatic rings. The van der Waals surface area contributed by atoms with Crippen molar-refractivity contribution in [3.05, 3.63) is 85.1 Å². The van der Waals surface area contributed by atoms with Gasteiger partial charge in [0.15, 0.2) is 6.29 Å². The van der Waals surface area contributed by atoms with Gasteiger partial charge in [-0.25, -0.2) is 0 Å². The molecule has 0 radical (unpaired) electrons. The summed E-state index contributed by atoms with van der Waals surface area (Å²) >= 11 is 0. The molecule has 1 heterocycles. The maximum absolute atomic E-state index is 13.1. The van der Waals surface area contributed by atoms with Crippen LogP contribution in [0.1, 0.15) is 296 Å². The molecule has 1 saturated heterocycles. The minimum Gasteiger partial charge on any atom is -0.394 e.